The Morgan fingerprint density at radius 3 is 2.33 bits per heavy atom. The molecule has 0 amide bonds. The first kappa shape index (κ1) is 16.1. The van der Waals surface area contributed by atoms with Gasteiger partial charge in [0, 0.05) is 11.1 Å². The average Bonchev–Trinajstić information content (AvgIpc) is 2.54. The SMILES string of the molecule is COc1ccc(OC)c(C(O)C(C)(C)N2CCCCC2)c1. The lowest BCUT2D eigenvalue weighted by atomic mass is 9.87. The van der Waals surface area contributed by atoms with Gasteiger partial charge in [-0.15, -0.1) is 0 Å². The molecule has 0 radical (unpaired) electrons. The van der Waals surface area contributed by atoms with E-state index in [4.69, 9.17) is 9.47 Å². The van der Waals surface area contributed by atoms with E-state index in [-0.39, 0.29) is 5.54 Å². The van der Waals surface area contributed by atoms with Crippen LogP contribution in [0.15, 0.2) is 18.2 Å². The average molecular weight is 293 g/mol. The van der Waals surface area contributed by atoms with E-state index in [2.05, 4.69) is 18.7 Å². The molecule has 0 saturated carbocycles. The van der Waals surface area contributed by atoms with E-state index < -0.39 is 6.10 Å². The largest absolute Gasteiger partial charge is 0.497 e. The minimum Gasteiger partial charge on any atom is -0.497 e. The Bertz CT molecular complexity index is 467. The van der Waals surface area contributed by atoms with Crippen molar-refractivity contribution in [1.29, 1.82) is 0 Å². The summed E-state index contributed by atoms with van der Waals surface area (Å²) in [7, 11) is 3.26. The van der Waals surface area contributed by atoms with Crippen molar-refractivity contribution in [1.82, 2.24) is 4.90 Å². The van der Waals surface area contributed by atoms with Crippen molar-refractivity contribution in [3.63, 3.8) is 0 Å². The molecule has 1 fully saturated rings. The van der Waals surface area contributed by atoms with Gasteiger partial charge in [-0.2, -0.15) is 0 Å². The summed E-state index contributed by atoms with van der Waals surface area (Å²) in [6.45, 7) is 6.27. The van der Waals surface area contributed by atoms with Crippen LogP contribution in [-0.4, -0.2) is 42.9 Å². The van der Waals surface area contributed by atoms with Gasteiger partial charge in [0.15, 0.2) is 0 Å². The second kappa shape index (κ2) is 6.67. The van der Waals surface area contributed by atoms with Gasteiger partial charge in [0.1, 0.15) is 17.6 Å². The van der Waals surface area contributed by atoms with Crippen molar-refractivity contribution in [3.05, 3.63) is 23.8 Å². The molecule has 1 aliphatic rings. The third kappa shape index (κ3) is 3.33. The van der Waals surface area contributed by atoms with E-state index >= 15 is 0 Å². The molecule has 1 aromatic rings. The summed E-state index contributed by atoms with van der Waals surface area (Å²) in [5, 5.41) is 11.0. The van der Waals surface area contributed by atoms with Gasteiger partial charge in [-0.3, -0.25) is 4.90 Å². The molecule has 1 aromatic carbocycles. The van der Waals surface area contributed by atoms with Crippen molar-refractivity contribution in [2.75, 3.05) is 27.3 Å². The lowest BCUT2D eigenvalue weighted by Crippen LogP contribution is -2.50. The number of methoxy groups -OCH3 is 2. The van der Waals surface area contributed by atoms with Gasteiger partial charge in [-0.25, -0.2) is 0 Å². The standard InChI is InChI=1S/C17H27NO3/c1-17(2,18-10-6-5-7-11-18)16(19)14-12-13(20-3)8-9-15(14)21-4/h8-9,12,16,19H,5-7,10-11H2,1-4H3. The fourth-order valence-electron chi connectivity index (χ4n) is 3.08. The molecule has 0 bridgehead atoms. The number of hydrogen-bond donors (Lipinski definition) is 1. The molecule has 21 heavy (non-hydrogen) atoms. The van der Waals surface area contributed by atoms with E-state index in [9.17, 15) is 5.11 Å². The van der Waals surface area contributed by atoms with Crippen molar-refractivity contribution in [3.8, 4) is 11.5 Å². The van der Waals surface area contributed by atoms with Crippen LogP contribution in [0.5, 0.6) is 11.5 Å². The molecule has 0 spiro atoms. The van der Waals surface area contributed by atoms with Crippen LogP contribution in [0.4, 0.5) is 0 Å². The lowest BCUT2D eigenvalue weighted by Gasteiger charge is -2.44. The van der Waals surface area contributed by atoms with Gasteiger partial charge in [-0.05, 0) is 58.0 Å². The summed E-state index contributed by atoms with van der Waals surface area (Å²) in [6, 6.07) is 5.57. The lowest BCUT2D eigenvalue weighted by molar-refractivity contribution is -0.0219. The highest BCUT2D eigenvalue weighted by Gasteiger charge is 2.37. The molecule has 0 aliphatic carbocycles. The number of benzene rings is 1. The third-order valence-electron chi connectivity index (χ3n) is 4.57. The molecule has 1 aliphatic heterocycles. The summed E-state index contributed by atoms with van der Waals surface area (Å²) in [4.78, 5) is 2.38. The van der Waals surface area contributed by atoms with Gasteiger partial charge in [0.25, 0.3) is 0 Å². The highest BCUT2D eigenvalue weighted by Crippen LogP contribution is 2.38. The van der Waals surface area contributed by atoms with E-state index in [1.54, 1.807) is 14.2 Å². The number of piperidine rings is 1. The first-order chi connectivity index (χ1) is 10.0. The molecule has 1 unspecified atom stereocenters. The number of aliphatic hydroxyl groups excluding tert-OH is 1. The van der Waals surface area contributed by atoms with Crippen LogP contribution in [0.3, 0.4) is 0 Å². The van der Waals surface area contributed by atoms with E-state index in [0.29, 0.717) is 5.75 Å². The second-order valence-electron chi connectivity index (χ2n) is 6.21. The van der Waals surface area contributed by atoms with Crippen molar-refractivity contribution >= 4 is 0 Å². The summed E-state index contributed by atoms with van der Waals surface area (Å²) < 4.78 is 10.7. The summed E-state index contributed by atoms with van der Waals surface area (Å²) in [5.74, 6) is 1.44. The zero-order valence-electron chi connectivity index (χ0n) is 13.6. The van der Waals surface area contributed by atoms with Crippen molar-refractivity contribution in [2.45, 2.75) is 44.8 Å². The number of likely N-dealkylation sites (tertiary alicyclic amines) is 1. The number of ether oxygens (including phenoxy) is 2. The molecule has 1 saturated heterocycles. The quantitative estimate of drug-likeness (QED) is 0.906. The fraction of sp³-hybridized carbons (Fsp3) is 0.647. The Morgan fingerprint density at radius 1 is 1.10 bits per heavy atom. The van der Waals surface area contributed by atoms with Gasteiger partial charge in [0.2, 0.25) is 0 Å². The molecular weight excluding hydrogens is 266 g/mol. The van der Waals surface area contributed by atoms with Gasteiger partial charge >= 0.3 is 0 Å². The van der Waals surface area contributed by atoms with Gasteiger partial charge in [0.05, 0.1) is 14.2 Å². The Labute approximate surface area is 127 Å². The van der Waals surface area contributed by atoms with E-state index in [1.165, 1.54) is 19.3 Å². The zero-order valence-corrected chi connectivity index (χ0v) is 13.6. The van der Waals surface area contributed by atoms with Gasteiger partial charge in [-0.1, -0.05) is 6.42 Å². The van der Waals surface area contributed by atoms with Crippen LogP contribution in [0.1, 0.15) is 44.8 Å². The highest BCUT2D eigenvalue weighted by molar-refractivity contribution is 5.42. The molecular formula is C17H27NO3. The topological polar surface area (TPSA) is 41.9 Å². The summed E-state index contributed by atoms with van der Waals surface area (Å²) in [5.41, 5.74) is 0.451. The number of nitrogens with zero attached hydrogens (tertiary/aromatic N) is 1. The van der Waals surface area contributed by atoms with E-state index in [1.807, 2.05) is 18.2 Å². The minimum absolute atomic E-state index is 0.333. The number of rotatable bonds is 5. The van der Waals surface area contributed by atoms with Crippen LogP contribution < -0.4 is 9.47 Å². The van der Waals surface area contributed by atoms with Crippen LogP contribution in [0.2, 0.25) is 0 Å². The summed E-state index contributed by atoms with van der Waals surface area (Å²) >= 11 is 0. The Morgan fingerprint density at radius 2 is 1.76 bits per heavy atom. The fourth-order valence-corrected chi connectivity index (χ4v) is 3.08. The van der Waals surface area contributed by atoms with Crippen LogP contribution in [0, 0.1) is 0 Å². The molecule has 2 rings (SSSR count). The third-order valence-corrected chi connectivity index (χ3v) is 4.57. The smallest absolute Gasteiger partial charge is 0.125 e. The first-order valence-corrected chi connectivity index (χ1v) is 7.65. The maximum Gasteiger partial charge on any atom is 0.125 e. The molecule has 1 N–H and O–H groups in total. The molecule has 1 heterocycles. The zero-order chi connectivity index (χ0) is 15.5. The Hall–Kier alpha value is -1.26. The van der Waals surface area contributed by atoms with Crippen LogP contribution in [0.25, 0.3) is 0 Å². The highest BCUT2D eigenvalue weighted by atomic mass is 16.5. The van der Waals surface area contributed by atoms with Gasteiger partial charge < -0.3 is 14.6 Å². The minimum atomic E-state index is -0.624. The molecule has 1 atom stereocenters. The second-order valence-corrected chi connectivity index (χ2v) is 6.21. The molecule has 118 valence electrons. The maximum absolute atomic E-state index is 11.0. The monoisotopic (exact) mass is 293 g/mol. The van der Waals surface area contributed by atoms with Crippen LogP contribution in [-0.2, 0) is 0 Å². The molecule has 4 nitrogen and oxygen atoms in total. The van der Waals surface area contributed by atoms with Crippen molar-refractivity contribution in [2.24, 2.45) is 0 Å². The number of aliphatic hydroxyl groups is 1. The maximum atomic E-state index is 11.0. The molecule has 0 aromatic heterocycles. The van der Waals surface area contributed by atoms with E-state index in [0.717, 1.165) is 24.4 Å². The first-order valence-electron chi connectivity index (χ1n) is 7.65. The number of hydrogen-bond acceptors (Lipinski definition) is 4. The predicted molar refractivity (Wildman–Crippen MR) is 84.0 cm³/mol. The predicted octanol–water partition coefficient (Wildman–Crippen LogP) is 3.00. The Balaban J connectivity index is 2.30. The van der Waals surface area contributed by atoms with Crippen LogP contribution >= 0.6 is 0 Å². The molecule has 4 heteroatoms. The summed E-state index contributed by atoms with van der Waals surface area (Å²) in [6.07, 6.45) is 3.06. The van der Waals surface area contributed by atoms with Crippen molar-refractivity contribution < 1.29 is 14.6 Å². The normalized spacial score (nSPS) is 18.3. The Kier molecular flexibility index (Phi) is 5.12.